The van der Waals surface area contributed by atoms with Crippen molar-refractivity contribution in [1.82, 2.24) is 5.32 Å². The second-order valence-corrected chi connectivity index (χ2v) is 6.01. The van der Waals surface area contributed by atoms with Gasteiger partial charge in [-0.3, -0.25) is 4.79 Å². The number of hydrogen-bond acceptors (Lipinski definition) is 2. The van der Waals surface area contributed by atoms with E-state index in [1.165, 1.54) is 19.4 Å². The molecule has 1 aliphatic heterocycles. The average Bonchev–Trinajstić information content (AvgIpc) is 2.94. The van der Waals surface area contributed by atoms with Crippen molar-refractivity contribution < 1.29 is 14.4 Å². The Hall–Kier alpha value is -1.26. The summed E-state index contributed by atoms with van der Waals surface area (Å²) < 4.78 is 5.49. The molecule has 2 atom stereocenters. The molecule has 1 fully saturated rings. The van der Waals surface area contributed by atoms with E-state index in [4.69, 9.17) is 16.3 Å². The van der Waals surface area contributed by atoms with Crippen LogP contribution in [-0.2, 0) is 4.79 Å². The first-order valence-electron chi connectivity index (χ1n) is 7.60. The van der Waals surface area contributed by atoms with Crippen LogP contribution in [0, 0.1) is 6.92 Å². The first kappa shape index (κ1) is 16.1. The van der Waals surface area contributed by atoms with Gasteiger partial charge in [0.25, 0.3) is 5.91 Å². The van der Waals surface area contributed by atoms with Crippen LogP contribution in [0.5, 0.6) is 5.75 Å². The predicted molar refractivity (Wildman–Crippen MR) is 84.1 cm³/mol. The highest BCUT2D eigenvalue weighted by molar-refractivity contribution is 6.31. The van der Waals surface area contributed by atoms with Crippen molar-refractivity contribution >= 4 is 17.5 Å². The highest BCUT2D eigenvalue weighted by atomic mass is 35.5. The Bertz CT molecular complexity index is 493. The first-order valence-corrected chi connectivity index (χ1v) is 7.98. The Balaban J connectivity index is 1.73. The third-order valence-electron chi connectivity index (χ3n) is 4.13. The normalized spacial score (nSPS) is 21.3. The second-order valence-electron chi connectivity index (χ2n) is 5.60. The molecule has 0 saturated carbocycles. The summed E-state index contributed by atoms with van der Waals surface area (Å²) in [5, 5.41) is 3.68. The van der Waals surface area contributed by atoms with Crippen LogP contribution in [0.25, 0.3) is 0 Å². The molecular formula is C16H24ClN2O2+. The standard InChI is InChI=1S/C16H23ClN2O2/c1-3-19-8-4-5-13(19)10-18-16(20)11-21-14-6-7-15(17)12(2)9-14/h6-7,9,13H,3-5,8,10-11H2,1-2H3,(H,18,20)/p+1/t13-/m0/s1. The Morgan fingerprint density at radius 2 is 2.33 bits per heavy atom. The number of carbonyl (C=O) groups excluding carboxylic acids is 1. The zero-order valence-electron chi connectivity index (χ0n) is 12.7. The quantitative estimate of drug-likeness (QED) is 0.829. The van der Waals surface area contributed by atoms with Crippen LogP contribution in [0.2, 0.25) is 5.02 Å². The number of carbonyl (C=O) groups is 1. The van der Waals surface area contributed by atoms with Gasteiger partial charge < -0.3 is 15.0 Å². The fourth-order valence-electron chi connectivity index (χ4n) is 2.84. The van der Waals surface area contributed by atoms with E-state index >= 15 is 0 Å². The van der Waals surface area contributed by atoms with Crippen LogP contribution in [-0.4, -0.2) is 38.2 Å². The number of nitrogens with one attached hydrogen (secondary N) is 2. The number of rotatable bonds is 6. The summed E-state index contributed by atoms with van der Waals surface area (Å²) >= 11 is 5.96. The summed E-state index contributed by atoms with van der Waals surface area (Å²) in [6, 6.07) is 5.96. The molecule has 116 valence electrons. The number of ether oxygens (including phenoxy) is 1. The predicted octanol–water partition coefficient (Wildman–Crippen LogP) is 1.21. The van der Waals surface area contributed by atoms with Crippen LogP contribution < -0.4 is 15.0 Å². The van der Waals surface area contributed by atoms with Crippen molar-refractivity contribution in [2.24, 2.45) is 0 Å². The van der Waals surface area contributed by atoms with Crippen LogP contribution in [0.1, 0.15) is 25.3 Å². The van der Waals surface area contributed by atoms with Crippen LogP contribution in [0.15, 0.2) is 18.2 Å². The van der Waals surface area contributed by atoms with Crippen LogP contribution in [0.4, 0.5) is 0 Å². The third kappa shape index (κ3) is 4.61. The molecule has 0 bridgehead atoms. The van der Waals surface area contributed by atoms with Gasteiger partial charge in [-0.05, 0) is 37.6 Å². The first-order chi connectivity index (χ1) is 10.1. The van der Waals surface area contributed by atoms with Crippen molar-refractivity contribution in [2.75, 3.05) is 26.2 Å². The summed E-state index contributed by atoms with van der Waals surface area (Å²) in [5.41, 5.74) is 0.947. The Morgan fingerprint density at radius 3 is 3.05 bits per heavy atom. The van der Waals surface area contributed by atoms with E-state index in [1.54, 1.807) is 17.0 Å². The molecule has 0 aliphatic carbocycles. The van der Waals surface area contributed by atoms with E-state index in [-0.39, 0.29) is 12.5 Å². The lowest BCUT2D eigenvalue weighted by Crippen LogP contribution is -3.14. The van der Waals surface area contributed by atoms with Gasteiger partial charge in [0.2, 0.25) is 0 Å². The number of hydrogen-bond donors (Lipinski definition) is 2. The lowest BCUT2D eigenvalue weighted by Gasteiger charge is -2.20. The number of aryl methyl sites for hydroxylation is 1. The van der Waals surface area contributed by atoms with Gasteiger partial charge in [0.05, 0.1) is 19.6 Å². The Kier molecular flexibility index (Phi) is 5.88. The molecule has 1 amide bonds. The molecule has 1 aromatic rings. The Labute approximate surface area is 131 Å². The van der Waals surface area contributed by atoms with Crippen molar-refractivity contribution in [2.45, 2.75) is 32.7 Å². The van der Waals surface area contributed by atoms with E-state index in [9.17, 15) is 4.79 Å². The molecule has 4 nitrogen and oxygen atoms in total. The number of likely N-dealkylation sites (N-methyl/N-ethyl adjacent to an activating group) is 1. The van der Waals surface area contributed by atoms with E-state index < -0.39 is 0 Å². The lowest BCUT2D eigenvalue weighted by atomic mass is 10.2. The molecule has 2 rings (SSSR count). The number of quaternary nitrogens is 1. The van der Waals surface area contributed by atoms with Gasteiger partial charge in [-0.1, -0.05) is 11.6 Å². The smallest absolute Gasteiger partial charge is 0.258 e. The number of amides is 1. The number of benzene rings is 1. The van der Waals surface area contributed by atoms with Crippen molar-refractivity contribution in [3.63, 3.8) is 0 Å². The SMILES string of the molecule is CC[NH+]1CCC[C@H]1CNC(=O)COc1ccc(Cl)c(C)c1. The minimum atomic E-state index is -0.0649. The van der Waals surface area contributed by atoms with Gasteiger partial charge in [0, 0.05) is 17.9 Å². The zero-order chi connectivity index (χ0) is 15.2. The van der Waals surface area contributed by atoms with Gasteiger partial charge in [-0.15, -0.1) is 0 Å². The molecule has 1 aromatic carbocycles. The maximum Gasteiger partial charge on any atom is 0.258 e. The topological polar surface area (TPSA) is 42.8 Å². The van der Waals surface area contributed by atoms with E-state index in [2.05, 4.69) is 12.2 Å². The van der Waals surface area contributed by atoms with Gasteiger partial charge in [0.1, 0.15) is 11.8 Å². The van der Waals surface area contributed by atoms with Gasteiger partial charge in [0.15, 0.2) is 6.61 Å². The summed E-state index contributed by atoms with van der Waals surface area (Å²) in [6.45, 7) is 7.25. The highest BCUT2D eigenvalue weighted by Crippen LogP contribution is 2.20. The summed E-state index contributed by atoms with van der Waals surface area (Å²) in [5.74, 6) is 0.610. The summed E-state index contributed by atoms with van der Waals surface area (Å²) in [6.07, 6.45) is 2.45. The van der Waals surface area contributed by atoms with E-state index in [0.29, 0.717) is 16.8 Å². The molecule has 0 spiro atoms. The average molecular weight is 312 g/mol. The minimum Gasteiger partial charge on any atom is -0.484 e. The van der Waals surface area contributed by atoms with Gasteiger partial charge in [-0.25, -0.2) is 0 Å². The highest BCUT2D eigenvalue weighted by Gasteiger charge is 2.27. The molecule has 0 radical (unpaired) electrons. The molecule has 1 aliphatic rings. The van der Waals surface area contributed by atoms with E-state index in [0.717, 1.165) is 18.7 Å². The lowest BCUT2D eigenvalue weighted by molar-refractivity contribution is -0.909. The molecule has 1 heterocycles. The Morgan fingerprint density at radius 1 is 1.52 bits per heavy atom. The van der Waals surface area contributed by atoms with Crippen molar-refractivity contribution in [1.29, 1.82) is 0 Å². The van der Waals surface area contributed by atoms with Gasteiger partial charge >= 0.3 is 0 Å². The summed E-state index contributed by atoms with van der Waals surface area (Å²) in [7, 11) is 0. The zero-order valence-corrected chi connectivity index (χ0v) is 13.5. The maximum absolute atomic E-state index is 11.8. The minimum absolute atomic E-state index is 0.0508. The molecular weight excluding hydrogens is 288 g/mol. The van der Waals surface area contributed by atoms with Gasteiger partial charge in [-0.2, -0.15) is 0 Å². The van der Waals surface area contributed by atoms with E-state index in [1.807, 2.05) is 13.0 Å². The fourth-order valence-corrected chi connectivity index (χ4v) is 2.96. The maximum atomic E-state index is 11.8. The molecule has 5 heteroatoms. The monoisotopic (exact) mass is 311 g/mol. The van der Waals surface area contributed by atoms with Crippen LogP contribution >= 0.6 is 11.6 Å². The molecule has 1 saturated heterocycles. The summed E-state index contributed by atoms with van der Waals surface area (Å²) in [4.78, 5) is 13.4. The van der Waals surface area contributed by atoms with Crippen molar-refractivity contribution in [3.05, 3.63) is 28.8 Å². The largest absolute Gasteiger partial charge is 0.484 e. The van der Waals surface area contributed by atoms with Crippen molar-refractivity contribution in [3.8, 4) is 5.75 Å². The fraction of sp³-hybridized carbons (Fsp3) is 0.562. The number of halogens is 1. The molecule has 2 N–H and O–H groups in total. The number of likely N-dealkylation sites (tertiary alicyclic amines) is 1. The molecule has 1 unspecified atom stereocenters. The molecule has 21 heavy (non-hydrogen) atoms. The second kappa shape index (κ2) is 7.66. The van der Waals surface area contributed by atoms with Crippen LogP contribution in [0.3, 0.4) is 0 Å². The third-order valence-corrected chi connectivity index (χ3v) is 4.55. The molecule has 0 aromatic heterocycles.